The number of carbonyl (C=O) groups excluding carboxylic acids is 2. The van der Waals surface area contributed by atoms with Gasteiger partial charge >= 0.3 is 5.97 Å². The van der Waals surface area contributed by atoms with Crippen LogP contribution in [0.15, 0.2) is 146 Å². The quantitative estimate of drug-likeness (QED) is 0.0195. The zero-order valence-electron chi connectivity index (χ0n) is 54.8. The molecule has 1 fully saturated rings. The van der Waals surface area contributed by atoms with Crippen LogP contribution in [0.3, 0.4) is 0 Å². The van der Waals surface area contributed by atoms with E-state index in [2.05, 4.69) is 154 Å². The smallest absolute Gasteiger partial charge is 0.306 e. The standard InChI is InChI=1S/C76H125NO10/c1-4-7-10-13-16-19-22-25-27-29-31-33-34-35-36-37-39-41-43-46-49-52-55-58-61-64-71(81)87-74-73(83)72(82)70(65-78)86-76(74)85-66-67(68(79)62-59-56-53-50-47-44-24-21-18-15-12-9-6-3)77-75(84)69(80)63-60-57-54-51-48-45-42-40-38-32-30-28-26-23-20-17-14-11-8-5-2/h7-8,10-11,16-17,19-20,25-28,31-33,35-36,38,42,45,51,54,59,62,67-70,72-74,76,78-80,82-83H,4-6,9,12-15,18,21-24,29-30,34,37,39-41,43-44,46-50,52-53,55-58,60-61,63-66H2,1-3H3,(H,77,84)/b10-7-,11-8-,19-16-,20-17-,27-25-,28-26-,33-31-,36-35-,38-32-,45-42-,54-51-,62-59+. The average molecular weight is 1210 g/mol. The van der Waals surface area contributed by atoms with Crippen LogP contribution in [0.1, 0.15) is 258 Å². The molecule has 1 heterocycles. The molecule has 0 bridgehead atoms. The van der Waals surface area contributed by atoms with Gasteiger partial charge in [0.2, 0.25) is 5.91 Å². The van der Waals surface area contributed by atoms with Gasteiger partial charge in [-0.25, -0.2) is 0 Å². The minimum Gasteiger partial charge on any atom is -0.454 e. The largest absolute Gasteiger partial charge is 0.454 e. The predicted octanol–water partition coefficient (Wildman–Crippen LogP) is 17.7. The van der Waals surface area contributed by atoms with E-state index in [1.807, 2.05) is 12.2 Å². The Morgan fingerprint density at radius 1 is 0.460 bits per heavy atom. The van der Waals surface area contributed by atoms with Crippen LogP contribution in [0.2, 0.25) is 0 Å². The number of aliphatic hydroxyl groups excluding tert-OH is 5. The molecule has 8 unspecified atom stereocenters. The van der Waals surface area contributed by atoms with E-state index in [1.165, 1.54) is 77.0 Å². The number of hydrogen-bond donors (Lipinski definition) is 6. The summed E-state index contributed by atoms with van der Waals surface area (Å²) in [5.41, 5.74) is 0. The van der Waals surface area contributed by atoms with E-state index in [4.69, 9.17) is 14.2 Å². The number of allylic oxidation sites excluding steroid dienone is 23. The summed E-state index contributed by atoms with van der Waals surface area (Å²) in [5.74, 6) is -1.26. The first-order chi connectivity index (χ1) is 42.7. The van der Waals surface area contributed by atoms with Gasteiger partial charge in [0, 0.05) is 6.42 Å². The van der Waals surface area contributed by atoms with Gasteiger partial charge in [-0.15, -0.1) is 0 Å². The zero-order valence-corrected chi connectivity index (χ0v) is 54.8. The molecule has 6 N–H and O–H groups in total. The zero-order chi connectivity index (χ0) is 63.1. The Bertz CT molecular complexity index is 1980. The number of carbonyl (C=O) groups is 2. The molecular weight excluding hydrogens is 1090 g/mol. The lowest BCUT2D eigenvalue weighted by molar-refractivity contribution is -0.305. The van der Waals surface area contributed by atoms with Gasteiger partial charge in [0.05, 0.1) is 25.4 Å². The minimum absolute atomic E-state index is 0.102. The van der Waals surface area contributed by atoms with Crippen LogP contribution in [0.5, 0.6) is 0 Å². The number of unbranched alkanes of at least 4 members (excludes halogenated alkanes) is 21. The average Bonchev–Trinajstić information content (AvgIpc) is 1.52. The van der Waals surface area contributed by atoms with E-state index in [0.29, 0.717) is 19.3 Å². The van der Waals surface area contributed by atoms with Crippen LogP contribution in [0.4, 0.5) is 0 Å². The van der Waals surface area contributed by atoms with Crippen molar-refractivity contribution < 1.29 is 49.3 Å². The third-order valence-electron chi connectivity index (χ3n) is 15.2. The molecular formula is C76H125NO10. The first kappa shape index (κ1) is 80.6. The third-order valence-corrected chi connectivity index (χ3v) is 15.2. The molecule has 8 atom stereocenters. The first-order valence-corrected chi connectivity index (χ1v) is 34.6. The molecule has 1 aliphatic rings. The number of nitrogens with one attached hydrogen (secondary N) is 1. The molecule has 494 valence electrons. The fourth-order valence-electron chi connectivity index (χ4n) is 9.86. The Morgan fingerprint density at radius 2 is 0.828 bits per heavy atom. The Labute approximate surface area is 530 Å². The number of esters is 1. The van der Waals surface area contributed by atoms with Gasteiger partial charge in [-0.1, -0.05) is 276 Å². The molecule has 1 rings (SSSR count). The van der Waals surface area contributed by atoms with Crippen LogP contribution in [0, 0.1) is 0 Å². The van der Waals surface area contributed by atoms with Crippen LogP contribution in [-0.4, -0.2) is 99.6 Å². The molecule has 0 radical (unpaired) electrons. The van der Waals surface area contributed by atoms with Crippen LogP contribution in [0.25, 0.3) is 0 Å². The van der Waals surface area contributed by atoms with Crippen molar-refractivity contribution in [3.8, 4) is 0 Å². The lowest BCUT2D eigenvalue weighted by Gasteiger charge is -2.41. The number of hydrogen-bond acceptors (Lipinski definition) is 10. The maximum atomic E-state index is 13.5. The molecule has 0 aromatic heterocycles. The monoisotopic (exact) mass is 1210 g/mol. The highest BCUT2D eigenvalue weighted by Crippen LogP contribution is 2.26. The van der Waals surface area contributed by atoms with E-state index in [9.17, 15) is 35.1 Å². The summed E-state index contributed by atoms with van der Waals surface area (Å²) in [6, 6.07) is -1.06. The Kier molecular flexibility index (Phi) is 57.2. The summed E-state index contributed by atoms with van der Waals surface area (Å²) in [6.45, 7) is 5.54. The second-order valence-corrected chi connectivity index (χ2v) is 23.1. The molecule has 0 aromatic carbocycles. The van der Waals surface area contributed by atoms with Gasteiger partial charge in [-0.3, -0.25) is 9.59 Å². The summed E-state index contributed by atoms with van der Waals surface area (Å²) in [5, 5.41) is 57.2. The SMILES string of the molecule is CC/C=C\C/C=C\C/C=C\C/C=C\C/C=C\C/C=C\CCCC(O)C(=O)NC(COC1OC(CO)C(O)C(O)C1OC(=O)CCCCCCCCCCC/C=C\C/C=C\C/C=C\C/C=C\C/C=C\CC)C(O)/C=C/CCCCCCCCCCCCC. The summed E-state index contributed by atoms with van der Waals surface area (Å²) in [7, 11) is 0. The lowest BCUT2D eigenvalue weighted by Crippen LogP contribution is -2.61. The van der Waals surface area contributed by atoms with Crippen molar-refractivity contribution in [2.45, 2.75) is 307 Å². The highest BCUT2D eigenvalue weighted by atomic mass is 16.7. The predicted molar refractivity (Wildman–Crippen MR) is 365 cm³/mol. The molecule has 11 nitrogen and oxygen atoms in total. The third kappa shape index (κ3) is 49.1. The Hall–Kier alpha value is -4.46. The van der Waals surface area contributed by atoms with Gasteiger partial charge < -0.3 is 45.1 Å². The Balaban J connectivity index is 2.65. The maximum Gasteiger partial charge on any atom is 0.306 e. The molecule has 0 spiro atoms. The van der Waals surface area contributed by atoms with Gasteiger partial charge in [-0.05, 0) is 122 Å². The molecule has 0 saturated carbocycles. The van der Waals surface area contributed by atoms with E-state index in [-0.39, 0.29) is 19.4 Å². The van der Waals surface area contributed by atoms with Crippen molar-refractivity contribution in [1.82, 2.24) is 5.32 Å². The van der Waals surface area contributed by atoms with E-state index in [1.54, 1.807) is 6.08 Å². The number of aliphatic hydroxyl groups is 5. The van der Waals surface area contributed by atoms with Crippen molar-refractivity contribution in [2.75, 3.05) is 13.2 Å². The van der Waals surface area contributed by atoms with E-state index in [0.717, 1.165) is 128 Å². The molecule has 87 heavy (non-hydrogen) atoms. The van der Waals surface area contributed by atoms with Crippen LogP contribution >= 0.6 is 0 Å². The molecule has 1 saturated heterocycles. The van der Waals surface area contributed by atoms with Gasteiger partial charge in [0.1, 0.15) is 24.4 Å². The van der Waals surface area contributed by atoms with Crippen molar-refractivity contribution >= 4 is 11.9 Å². The van der Waals surface area contributed by atoms with Gasteiger partial charge in [-0.2, -0.15) is 0 Å². The van der Waals surface area contributed by atoms with Crippen molar-refractivity contribution in [3.05, 3.63) is 146 Å². The number of rotatable bonds is 57. The number of ether oxygens (including phenoxy) is 3. The topological polar surface area (TPSA) is 175 Å². The highest BCUT2D eigenvalue weighted by Gasteiger charge is 2.47. The summed E-state index contributed by atoms with van der Waals surface area (Å²) in [4.78, 5) is 26.7. The summed E-state index contributed by atoms with van der Waals surface area (Å²) in [6.07, 6.45) is 78.8. The minimum atomic E-state index is -1.64. The lowest BCUT2D eigenvalue weighted by atomic mass is 9.99. The number of amides is 1. The van der Waals surface area contributed by atoms with Crippen molar-refractivity contribution in [2.24, 2.45) is 0 Å². The first-order valence-electron chi connectivity index (χ1n) is 34.6. The molecule has 1 aliphatic heterocycles. The second-order valence-electron chi connectivity index (χ2n) is 23.1. The fraction of sp³-hybridized carbons (Fsp3) is 0.658. The van der Waals surface area contributed by atoms with Crippen molar-refractivity contribution in [1.29, 1.82) is 0 Å². The van der Waals surface area contributed by atoms with E-state index >= 15 is 0 Å². The summed E-state index contributed by atoms with van der Waals surface area (Å²) < 4.78 is 17.7. The molecule has 11 heteroatoms. The molecule has 0 aliphatic carbocycles. The van der Waals surface area contributed by atoms with Crippen LogP contribution < -0.4 is 5.32 Å². The van der Waals surface area contributed by atoms with Crippen LogP contribution in [-0.2, 0) is 23.8 Å². The molecule has 0 aromatic rings. The van der Waals surface area contributed by atoms with Gasteiger partial charge in [0.15, 0.2) is 12.4 Å². The van der Waals surface area contributed by atoms with Gasteiger partial charge in [0.25, 0.3) is 0 Å². The normalized spacial score (nSPS) is 19.2. The van der Waals surface area contributed by atoms with Crippen molar-refractivity contribution in [3.63, 3.8) is 0 Å². The summed E-state index contributed by atoms with van der Waals surface area (Å²) >= 11 is 0. The fourth-order valence-corrected chi connectivity index (χ4v) is 9.86. The highest BCUT2D eigenvalue weighted by molar-refractivity contribution is 5.80. The molecule has 1 amide bonds. The second kappa shape index (κ2) is 61.8. The maximum absolute atomic E-state index is 13.5. The van der Waals surface area contributed by atoms with E-state index < -0.39 is 67.4 Å². The Morgan fingerprint density at radius 3 is 1.24 bits per heavy atom.